The second-order valence-electron chi connectivity index (χ2n) is 4.68. The summed E-state index contributed by atoms with van der Waals surface area (Å²) >= 11 is 7.74. The van der Waals surface area contributed by atoms with E-state index < -0.39 is 0 Å². The molecule has 2 aromatic rings. The lowest BCUT2D eigenvalue weighted by atomic mass is 10.0. The van der Waals surface area contributed by atoms with Gasteiger partial charge in [0.15, 0.2) is 0 Å². The van der Waals surface area contributed by atoms with Crippen LogP contribution in [0.15, 0.2) is 35.4 Å². The summed E-state index contributed by atoms with van der Waals surface area (Å²) in [6, 6.07) is 8.28. The third-order valence-electron chi connectivity index (χ3n) is 2.94. The number of aromatic nitrogens is 2. The van der Waals surface area contributed by atoms with Crippen LogP contribution in [0.4, 0.5) is 0 Å². The van der Waals surface area contributed by atoms with Crippen molar-refractivity contribution in [3.05, 3.63) is 60.8 Å². The Balaban J connectivity index is 2.27. The molecule has 2 rings (SSSR count). The van der Waals surface area contributed by atoms with Crippen molar-refractivity contribution in [3.63, 3.8) is 0 Å². The lowest BCUT2D eigenvalue weighted by molar-refractivity contribution is 0.729. The van der Waals surface area contributed by atoms with E-state index in [0.717, 1.165) is 5.56 Å². The maximum absolute atomic E-state index is 12.0. The number of rotatable bonds is 3. The molecule has 0 aliphatic rings. The van der Waals surface area contributed by atoms with Gasteiger partial charge in [0.2, 0.25) is 0 Å². The number of benzene rings is 1. The summed E-state index contributed by atoms with van der Waals surface area (Å²) in [5.41, 5.74) is 2.26. The Hall–Kier alpha value is -0.880. The first kappa shape index (κ1) is 14.5. The highest BCUT2D eigenvalue weighted by molar-refractivity contribution is 14.1. The normalized spacial score (nSPS) is 11.0. The number of hydrogen-bond acceptors (Lipinski definition) is 2. The van der Waals surface area contributed by atoms with Crippen molar-refractivity contribution in [2.45, 2.75) is 26.3 Å². The number of nitrogens with zero attached hydrogens (tertiary/aromatic N) is 2. The minimum Gasteiger partial charge on any atom is -0.294 e. The summed E-state index contributed by atoms with van der Waals surface area (Å²) in [7, 11) is 0. The minimum atomic E-state index is -0.103. The predicted molar refractivity (Wildman–Crippen MR) is 85.9 cm³/mol. The Labute approximate surface area is 130 Å². The van der Waals surface area contributed by atoms with Crippen LogP contribution in [-0.4, -0.2) is 9.55 Å². The van der Waals surface area contributed by atoms with Gasteiger partial charge in [0.25, 0.3) is 5.56 Å². The molecule has 0 aliphatic heterocycles. The Morgan fingerprint density at radius 1 is 1.32 bits per heavy atom. The van der Waals surface area contributed by atoms with Crippen molar-refractivity contribution in [2.24, 2.45) is 0 Å². The zero-order valence-electron chi connectivity index (χ0n) is 10.7. The van der Waals surface area contributed by atoms with Gasteiger partial charge in [-0.05, 0) is 39.6 Å². The SMILES string of the molecule is CC(C)c1ccc(Cn2cnc(Cl)c(I)c2=O)cc1. The van der Waals surface area contributed by atoms with E-state index in [1.807, 2.05) is 34.7 Å². The van der Waals surface area contributed by atoms with Crippen molar-refractivity contribution in [2.75, 3.05) is 0 Å². The average Bonchev–Trinajstić information content (AvgIpc) is 2.40. The second-order valence-corrected chi connectivity index (χ2v) is 6.12. The zero-order chi connectivity index (χ0) is 14.0. The standard InChI is InChI=1S/C14H14ClIN2O/c1-9(2)11-5-3-10(4-6-11)7-18-8-17-13(15)12(16)14(18)19/h3-6,8-9H,7H2,1-2H3. The molecule has 0 unspecified atom stereocenters. The minimum absolute atomic E-state index is 0.103. The first-order valence-corrected chi connectivity index (χ1v) is 7.44. The molecule has 1 aromatic heterocycles. The van der Waals surface area contributed by atoms with Gasteiger partial charge in [-0.3, -0.25) is 9.36 Å². The van der Waals surface area contributed by atoms with Gasteiger partial charge in [0.1, 0.15) is 8.72 Å². The Kier molecular flexibility index (Phi) is 4.62. The van der Waals surface area contributed by atoms with E-state index in [1.54, 1.807) is 4.57 Å². The molecule has 0 saturated heterocycles. The first-order valence-electron chi connectivity index (χ1n) is 5.98. The molecule has 0 atom stereocenters. The molecule has 1 aromatic carbocycles. The molecule has 0 bridgehead atoms. The Morgan fingerprint density at radius 3 is 2.53 bits per heavy atom. The van der Waals surface area contributed by atoms with Crippen molar-refractivity contribution < 1.29 is 0 Å². The quantitative estimate of drug-likeness (QED) is 0.594. The summed E-state index contributed by atoms with van der Waals surface area (Å²) in [5, 5.41) is 0.261. The second kappa shape index (κ2) is 6.05. The molecule has 0 amide bonds. The van der Waals surface area contributed by atoms with Crippen molar-refractivity contribution in [3.8, 4) is 0 Å². The van der Waals surface area contributed by atoms with E-state index in [9.17, 15) is 4.79 Å². The average molecular weight is 389 g/mol. The van der Waals surface area contributed by atoms with Crippen LogP contribution < -0.4 is 5.56 Å². The largest absolute Gasteiger partial charge is 0.294 e. The van der Waals surface area contributed by atoms with Crippen LogP contribution in [0, 0.1) is 3.57 Å². The van der Waals surface area contributed by atoms with E-state index in [-0.39, 0.29) is 10.7 Å². The van der Waals surface area contributed by atoms with E-state index in [1.165, 1.54) is 11.9 Å². The summed E-state index contributed by atoms with van der Waals surface area (Å²) in [6.07, 6.45) is 1.49. The highest BCUT2D eigenvalue weighted by Crippen LogP contribution is 2.15. The van der Waals surface area contributed by atoms with Crippen LogP contribution in [0.2, 0.25) is 5.15 Å². The lowest BCUT2D eigenvalue weighted by Gasteiger charge is -2.09. The van der Waals surface area contributed by atoms with Gasteiger partial charge in [0.05, 0.1) is 12.9 Å². The summed E-state index contributed by atoms with van der Waals surface area (Å²) in [5.74, 6) is 0.509. The molecular weight excluding hydrogens is 375 g/mol. The highest BCUT2D eigenvalue weighted by atomic mass is 127. The third kappa shape index (κ3) is 3.36. The maximum atomic E-state index is 12.0. The topological polar surface area (TPSA) is 34.9 Å². The van der Waals surface area contributed by atoms with Gasteiger partial charge in [-0.15, -0.1) is 0 Å². The van der Waals surface area contributed by atoms with Crippen LogP contribution in [0.3, 0.4) is 0 Å². The molecule has 3 nitrogen and oxygen atoms in total. The van der Waals surface area contributed by atoms with Crippen LogP contribution in [0.5, 0.6) is 0 Å². The van der Waals surface area contributed by atoms with Gasteiger partial charge in [-0.1, -0.05) is 49.7 Å². The van der Waals surface area contributed by atoms with Crippen LogP contribution in [0.1, 0.15) is 30.9 Å². The van der Waals surface area contributed by atoms with Gasteiger partial charge in [-0.25, -0.2) is 4.98 Å². The predicted octanol–water partition coefficient (Wildman–Crippen LogP) is 3.67. The smallest absolute Gasteiger partial charge is 0.268 e. The van der Waals surface area contributed by atoms with Gasteiger partial charge < -0.3 is 0 Å². The van der Waals surface area contributed by atoms with Crippen molar-refractivity contribution in [1.29, 1.82) is 0 Å². The molecule has 0 spiro atoms. The van der Waals surface area contributed by atoms with Crippen LogP contribution in [0.25, 0.3) is 0 Å². The molecule has 0 N–H and O–H groups in total. The van der Waals surface area contributed by atoms with Crippen molar-refractivity contribution in [1.82, 2.24) is 9.55 Å². The highest BCUT2D eigenvalue weighted by Gasteiger charge is 2.07. The van der Waals surface area contributed by atoms with Gasteiger partial charge in [-0.2, -0.15) is 0 Å². The maximum Gasteiger partial charge on any atom is 0.268 e. The Bertz CT molecular complexity index is 635. The first-order chi connectivity index (χ1) is 8.99. The monoisotopic (exact) mass is 388 g/mol. The summed E-state index contributed by atoms with van der Waals surface area (Å²) < 4.78 is 2.03. The summed E-state index contributed by atoms with van der Waals surface area (Å²) in [6.45, 7) is 4.83. The van der Waals surface area contributed by atoms with E-state index in [2.05, 4.69) is 31.0 Å². The zero-order valence-corrected chi connectivity index (χ0v) is 13.6. The molecule has 5 heteroatoms. The van der Waals surface area contributed by atoms with Gasteiger partial charge in [0, 0.05) is 0 Å². The van der Waals surface area contributed by atoms with Gasteiger partial charge >= 0.3 is 0 Å². The molecule has 0 fully saturated rings. The van der Waals surface area contributed by atoms with E-state index >= 15 is 0 Å². The molecule has 1 heterocycles. The lowest BCUT2D eigenvalue weighted by Crippen LogP contribution is -2.23. The number of hydrogen-bond donors (Lipinski definition) is 0. The molecule has 19 heavy (non-hydrogen) atoms. The fourth-order valence-electron chi connectivity index (χ4n) is 1.76. The van der Waals surface area contributed by atoms with E-state index in [4.69, 9.17) is 11.6 Å². The fraction of sp³-hybridized carbons (Fsp3) is 0.286. The summed E-state index contributed by atoms with van der Waals surface area (Å²) in [4.78, 5) is 16.0. The van der Waals surface area contributed by atoms with Crippen LogP contribution >= 0.6 is 34.2 Å². The van der Waals surface area contributed by atoms with Crippen molar-refractivity contribution >= 4 is 34.2 Å². The number of halogens is 2. The molecular formula is C14H14ClIN2O. The molecule has 0 saturated carbocycles. The molecule has 100 valence electrons. The van der Waals surface area contributed by atoms with Crippen LogP contribution in [-0.2, 0) is 6.54 Å². The molecule has 0 aliphatic carbocycles. The fourth-order valence-corrected chi connectivity index (χ4v) is 2.33. The molecule has 0 radical (unpaired) electrons. The third-order valence-corrected chi connectivity index (χ3v) is 4.52. The van der Waals surface area contributed by atoms with E-state index in [0.29, 0.717) is 16.0 Å². The Morgan fingerprint density at radius 2 is 1.95 bits per heavy atom.